The Balaban J connectivity index is 1.65. The van der Waals surface area contributed by atoms with E-state index in [0.717, 1.165) is 24.1 Å². The van der Waals surface area contributed by atoms with Gasteiger partial charge in [-0.05, 0) is 49.7 Å². The average molecular weight is 243 g/mol. The molecule has 3 heteroatoms. The van der Waals surface area contributed by atoms with Gasteiger partial charge in [0, 0.05) is 25.3 Å². The van der Waals surface area contributed by atoms with Crippen LogP contribution in [0.2, 0.25) is 0 Å². The zero-order chi connectivity index (χ0) is 12.7. The molecule has 1 N–H and O–H groups in total. The Morgan fingerprint density at radius 3 is 2.83 bits per heavy atom. The largest absolute Gasteiger partial charge is 0.340 e. The van der Waals surface area contributed by atoms with Crippen LogP contribution in [0.15, 0.2) is 6.07 Å². The van der Waals surface area contributed by atoms with Gasteiger partial charge in [0.25, 0.3) is 0 Å². The molecule has 2 bridgehead atoms. The molecule has 0 aliphatic heterocycles. The van der Waals surface area contributed by atoms with E-state index in [9.17, 15) is 0 Å². The predicted molar refractivity (Wildman–Crippen MR) is 70.9 cm³/mol. The highest BCUT2D eigenvalue weighted by molar-refractivity contribution is 5.34. The van der Waals surface area contributed by atoms with Crippen LogP contribution in [-0.4, -0.2) is 10.6 Å². The van der Waals surface area contributed by atoms with Gasteiger partial charge in [-0.25, -0.2) is 0 Å². The summed E-state index contributed by atoms with van der Waals surface area (Å²) in [4.78, 5) is 0. The summed E-state index contributed by atoms with van der Waals surface area (Å²) in [5.41, 5.74) is 3.25. The number of fused-ring (bicyclic) bond motifs is 2. The number of nitrogens with one attached hydrogen (secondary N) is 1. The Hall–Kier alpha value is -1.27. The highest BCUT2D eigenvalue weighted by atomic mass is 15.0. The first-order valence-electron chi connectivity index (χ1n) is 6.97. The molecule has 0 spiro atoms. The minimum absolute atomic E-state index is 0.717. The summed E-state index contributed by atoms with van der Waals surface area (Å²) in [5.74, 6) is 1.90. The fourth-order valence-electron chi connectivity index (χ4n) is 3.78. The first-order valence-corrected chi connectivity index (χ1v) is 6.97. The van der Waals surface area contributed by atoms with Gasteiger partial charge in [-0.15, -0.1) is 0 Å². The van der Waals surface area contributed by atoms with Gasteiger partial charge in [0.15, 0.2) is 0 Å². The topological polar surface area (TPSA) is 40.8 Å². The minimum Gasteiger partial charge on any atom is -0.340 e. The Labute approximate surface area is 109 Å². The fourth-order valence-corrected chi connectivity index (χ4v) is 3.78. The summed E-state index contributed by atoms with van der Waals surface area (Å²) in [6, 6.07) is 4.99. The van der Waals surface area contributed by atoms with Crippen molar-refractivity contribution in [1.29, 1.82) is 5.26 Å². The molecule has 3 rings (SSSR count). The van der Waals surface area contributed by atoms with Crippen LogP contribution in [0, 0.1) is 30.1 Å². The number of nitrogens with zero attached hydrogens (tertiary/aromatic N) is 2. The van der Waals surface area contributed by atoms with E-state index in [4.69, 9.17) is 5.26 Å². The molecule has 0 aromatic carbocycles. The normalized spacial score (nSPS) is 29.7. The second-order valence-corrected chi connectivity index (χ2v) is 5.97. The summed E-state index contributed by atoms with van der Waals surface area (Å²) in [6.45, 7) is 3.01. The minimum atomic E-state index is 0.717. The standard InChI is InChI=1S/C15H21N3/c1-10-13(7-14(8-16)18(10)2)9-17-15-6-11-3-4-12(15)5-11/h7,11-12,15,17H,3-6,9H2,1-2H3. The van der Waals surface area contributed by atoms with Gasteiger partial charge in [0.05, 0.1) is 0 Å². The van der Waals surface area contributed by atoms with E-state index in [0.29, 0.717) is 6.04 Å². The average Bonchev–Trinajstić information content (AvgIpc) is 3.05. The smallest absolute Gasteiger partial charge is 0.120 e. The van der Waals surface area contributed by atoms with Gasteiger partial charge in [-0.1, -0.05) is 6.42 Å². The summed E-state index contributed by atoms with van der Waals surface area (Å²) in [7, 11) is 1.97. The summed E-state index contributed by atoms with van der Waals surface area (Å²) < 4.78 is 1.98. The van der Waals surface area contributed by atoms with Crippen molar-refractivity contribution >= 4 is 0 Å². The lowest BCUT2D eigenvalue weighted by Crippen LogP contribution is -2.33. The predicted octanol–water partition coefficient (Wildman–Crippen LogP) is 2.48. The Bertz CT molecular complexity index is 495. The number of hydrogen-bond acceptors (Lipinski definition) is 2. The van der Waals surface area contributed by atoms with Gasteiger partial charge >= 0.3 is 0 Å². The Morgan fingerprint density at radius 1 is 1.44 bits per heavy atom. The molecule has 2 aliphatic carbocycles. The maximum absolute atomic E-state index is 9.03. The van der Waals surface area contributed by atoms with Crippen molar-refractivity contribution in [3.63, 3.8) is 0 Å². The van der Waals surface area contributed by atoms with Crippen molar-refractivity contribution in [1.82, 2.24) is 9.88 Å². The molecule has 0 saturated heterocycles. The second-order valence-electron chi connectivity index (χ2n) is 5.97. The third-order valence-electron chi connectivity index (χ3n) is 5.05. The lowest BCUT2D eigenvalue weighted by atomic mass is 9.95. The van der Waals surface area contributed by atoms with Gasteiger partial charge in [-0.3, -0.25) is 0 Å². The maximum Gasteiger partial charge on any atom is 0.120 e. The summed E-state index contributed by atoms with van der Waals surface area (Å²) >= 11 is 0. The maximum atomic E-state index is 9.03. The van der Waals surface area contributed by atoms with Crippen LogP contribution in [0.5, 0.6) is 0 Å². The third-order valence-corrected chi connectivity index (χ3v) is 5.05. The molecule has 2 fully saturated rings. The van der Waals surface area contributed by atoms with E-state index < -0.39 is 0 Å². The molecule has 0 amide bonds. The van der Waals surface area contributed by atoms with Crippen molar-refractivity contribution in [2.24, 2.45) is 18.9 Å². The number of nitriles is 1. The van der Waals surface area contributed by atoms with Crippen LogP contribution in [0.3, 0.4) is 0 Å². The van der Waals surface area contributed by atoms with Crippen molar-refractivity contribution in [2.45, 2.75) is 45.2 Å². The van der Waals surface area contributed by atoms with Crippen LogP contribution in [-0.2, 0) is 13.6 Å². The van der Waals surface area contributed by atoms with Crippen LogP contribution >= 0.6 is 0 Å². The van der Waals surface area contributed by atoms with Crippen LogP contribution in [0.25, 0.3) is 0 Å². The van der Waals surface area contributed by atoms with E-state index in [1.165, 1.54) is 36.9 Å². The van der Waals surface area contributed by atoms with Gasteiger partial charge < -0.3 is 9.88 Å². The van der Waals surface area contributed by atoms with E-state index >= 15 is 0 Å². The van der Waals surface area contributed by atoms with Crippen molar-refractivity contribution < 1.29 is 0 Å². The number of rotatable bonds is 3. The number of aromatic nitrogens is 1. The molecule has 1 aromatic rings. The van der Waals surface area contributed by atoms with Crippen LogP contribution < -0.4 is 5.32 Å². The fraction of sp³-hybridized carbons (Fsp3) is 0.667. The molecule has 96 valence electrons. The van der Waals surface area contributed by atoms with E-state index in [2.05, 4.69) is 18.3 Å². The Kier molecular flexibility index (Phi) is 2.91. The lowest BCUT2D eigenvalue weighted by Gasteiger charge is -2.23. The van der Waals surface area contributed by atoms with Crippen molar-refractivity contribution in [3.05, 3.63) is 23.0 Å². The van der Waals surface area contributed by atoms with Crippen LogP contribution in [0.4, 0.5) is 0 Å². The van der Waals surface area contributed by atoms with Crippen molar-refractivity contribution in [2.75, 3.05) is 0 Å². The molecule has 0 radical (unpaired) electrons. The quantitative estimate of drug-likeness (QED) is 0.886. The molecule has 1 aromatic heterocycles. The van der Waals surface area contributed by atoms with E-state index in [1.54, 1.807) is 0 Å². The Morgan fingerprint density at radius 2 is 2.28 bits per heavy atom. The molecule has 3 atom stereocenters. The SMILES string of the molecule is Cc1c(CNC2CC3CCC2C3)cc(C#N)n1C. The molecular weight excluding hydrogens is 222 g/mol. The third kappa shape index (κ3) is 1.85. The lowest BCUT2D eigenvalue weighted by molar-refractivity contribution is 0.350. The van der Waals surface area contributed by atoms with Crippen LogP contribution in [0.1, 0.15) is 42.6 Å². The monoisotopic (exact) mass is 243 g/mol. The van der Waals surface area contributed by atoms with E-state index in [1.807, 2.05) is 17.7 Å². The molecule has 18 heavy (non-hydrogen) atoms. The van der Waals surface area contributed by atoms with E-state index in [-0.39, 0.29) is 0 Å². The second kappa shape index (κ2) is 4.44. The molecule has 3 unspecified atom stereocenters. The summed E-state index contributed by atoms with van der Waals surface area (Å²) in [6.07, 6.45) is 5.67. The van der Waals surface area contributed by atoms with Crippen molar-refractivity contribution in [3.8, 4) is 6.07 Å². The highest BCUT2D eigenvalue weighted by Crippen LogP contribution is 2.44. The first kappa shape index (κ1) is 11.8. The van der Waals surface area contributed by atoms with Gasteiger partial charge in [-0.2, -0.15) is 5.26 Å². The van der Waals surface area contributed by atoms with Gasteiger partial charge in [0.1, 0.15) is 11.8 Å². The highest BCUT2D eigenvalue weighted by Gasteiger charge is 2.39. The molecule has 1 heterocycles. The molecule has 2 aliphatic rings. The van der Waals surface area contributed by atoms with Gasteiger partial charge in [0.2, 0.25) is 0 Å². The number of hydrogen-bond donors (Lipinski definition) is 1. The summed E-state index contributed by atoms with van der Waals surface area (Å²) in [5, 5.41) is 12.7. The zero-order valence-electron chi connectivity index (χ0n) is 11.2. The molecule has 2 saturated carbocycles. The molecular formula is C15H21N3. The first-order chi connectivity index (χ1) is 8.69. The zero-order valence-corrected chi connectivity index (χ0v) is 11.2. The molecule has 3 nitrogen and oxygen atoms in total.